The Labute approximate surface area is 139 Å². The van der Waals surface area contributed by atoms with Crippen molar-refractivity contribution in [3.63, 3.8) is 0 Å². The van der Waals surface area contributed by atoms with Crippen LogP contribution in [0.1, 0.15) is 45.0 Å². The molecule has 0 saturated carbocycles. The predicted octanol–water partition coefficient (Wildman–Crippen LogP) is 4.22. The van der Waals surface area contributed by atoms with Gasteiger partial charge in [0.15, 0.2) is 0 Å². The number of nitrogens with zero attached hydrogens (tertiary/aromatic N) is 3. The summed E-state index contributed by atoms with van der Waals surface area (Å²) in [5.74, 6) is 0.831. The Kier molecular flexibility index (Phi) is 6.11. The maximum absolute atomic E-state index is 4.69. The fourth-order valence-electron chi connectivity index (χ4n) is 2.95. The summed E-state index contributed by atoms with van der Waals surface area (Å²) in [5, 5.41) is 4.69. The fourth-order valence-corrected chi connectivity index (χ4v) is 4.17. The first kappa shape index (κ1) is 16.5. The minimum atomic E-state index is 0.643. The Hall–Kier alpha value is 0.130. The minimum Gasteiger partial charge on any atom is -0.297 e. The average Bonchev–Trinajstić information content (AvgIpc) is 2.76. The molecule has 0 aliphatic carbocycles. The SMILES string of the molecule is CCc1nn(CC)c(CN2CCC(C(C)Br)CC2)c1Br. The minimum absolute atomic E-state index is 0.643. The van der Waals surface area contributed by atoms with Gasteiger partial charge in [0.1, 0.15) is 0 Å². The normalized spacial score (nSPS) is 19.4. The molecule has 0 amide bonds. The van der Waals surface area contributed by atoms with Crippen molar-refractivity contribution in [1.82, 2.24) is 14.7 Å². The van der Waals surface area contributed by atoms with Gasteiger partial charge < -0.3 is 0 Å². The molecule has 0 bridgehead atoms. The summed E-state index contributed by atoms with van der Waals surface area (Å²) >= 11 is 7.48. The first-order chi connectivity index (χ1) is 9.56. The molecule has 0 spiro atoms. The second-order valence-electron chi connectivity index (χ2n) is 5.67. The number of hydrogen-bond acceptors (Lipinski definition) is 2. The highest BCUT2D eigenvalue weighted by Crippen LogP contribution is 2.28. The zero-order chi connectivity index (χ0) is 14.7. The van der Waals surface area contributed by atoms with Gasteiger partial charge in [-0.15, -0.1) is 0 Å². The van der Waals surface area contributed by atoms with Crippen molar-refractivity contribution in [2.45, 2.75) is 58.0 Å². The lowest BCUT2D eigenvalue weighted by atomic mass is 9.94. The maximum Gasteiger partial charge on any atom is 0.0767 e. The standard InChI is InChI=1S/C15H25Br2N3/c1-4-13-15(17)14(20(5-2)18-13)10-19-8-6-12(7-9-19)11(3)16/h11-12H,4-10H2,1-3H3. The van der Waals surface area contributed by atoms with Gasteiger partial charge in [0.25, 0.3) is 0 Å². The quantitative estimate of drug-likeness (QED) is 0.682. The van der Waals surface area contributed by atoms with Gasteiger partial charge in [-0.1, -0.05) is 29.8 Å². The number of likely N-dealkylation sites (tertiary alicyclic amines) is 1. The molecular weight excluding hydrogens is 382 g/mol. The summed E-state index contributed by atoms with van der Waals surface area (Å²) in [6.45, 7) is 11.0. The lowest BCUT2D eigenvalue weighted by Crippen LogP contribution is -2.36. The molecule has 20 heavy (non-hydrogen) atoms. The van der Waals surface area contributed by atoms with Crippen LogP contribution < -0.4 is 0 Å². The number of hydrogen-bond donors (Lipinski definition) is 0. The highest BCUT2D eigenvalue weighted by Gasteiger charge is 2.24. The molecule has 2 rings (SSSR count). The Morgan fingerprint density at radius 3 is 2.45 bits per heavy atom. The molecule has 1 saturated heterocycles. The Morgan fingerprint density at radius 2 is 1.95 bits per heavy atom. The van der Waals surface area contributed by atoms with E-state index in [1.807, 2.05) is 0 Å². The average molecular weight is 407 g/mol. The zero-order valence-electron chi connectivity index (χ0n) is 12.7. The monoisotopic (exact) mass is 405 g/mol. The van der Waals surface area contributed by atoms with Gasteiger partial charge in [-0.2, -0.15) is 5.10 Å². The molecule has 1 aromatic rings. The molecule has 5 heteroatoms. The van der Waals surface area contributed by atoms with Crippen molar-refractivity contribution in [2.75, 3.05) is 13.1 Å². The molecule has 2 heterocycles. The topological polar surface area (TPSA) is 21.1 Å². The first-order valence-electron chi connectivity index (χ1n) is 7.67. The molecular formula is C15H25Br2N3. The van der Waals surface area contributed by atoms with Gasteiger partial charge in [0.05, 0.1) is 15.9 Å². The molecule has 3 nitrogen and oxygen atoms in total. The lowest BCUT2D eigenvalue weighted by Gasteiger charge is -2.33. The molecule has 114 valence electrons. The number of halogens is 2. The van der Waals surface area contributed by atoms with Crippen LogP contribution in [0.2, 0.25) is 0 Å². The summed E-state index contributed by atoms with van der Waals surface area (Å²) < 4.78 is 3.38. The number of piperidine rings is 1. The van der Waals surface area contributed by atoms with E-state index < -0.39 is 0 Å². The van der Waals surface area contributed by atoms with Crippen LogP contribution in [-0.4, -0.2) is 32.6 Å². The number of aromatic nitrogens is 2. The Morgan fingerprint density at radius 1 is 1.30 bits per heavy atom. The second kappa shape index (κ2) is 7.41. The largest absolute Gasteiger partial charge is 0.297 e. The Bertz CT molecular complexity index is 435. The van der Waals surface area contributed by atoms with Gasteiger partial charge in [0, 0.05) is 17.9 Å². The number of alkyl halides is 1. The van der Waals surface area contributed by atoms with Gasteiger partial charge >= 0.3 is 0 Å². The molecule has 1 aliphatic rings. The Balaban J connectivity index is 2.02. The van der Waals surface area contributed by atoms with Crippen LogP contribution in [0.5, 0.6) is 0 Å². The van der Waals surface area contributed by atoms with Gasteiger partial charge in [0.2, 0.25) is 0 Å². The number of rotatable bonds is 5. The van der Waals surface area contributed by atoms with E-state index in [0.29, 0.717) is 4.83 Å². The van der Waals surface area contributed by atoms with Crippen LogP contribution in [0.25, 0.3) is 0 Å². The second-order valence-corrected chi connectivity index (χ2v) is 7.91. The fraction of sp³-hybridized carbons (Fsp3) is 0.800. The first-order valence-corrected chi connectivity index (χ1v) is 9.38. The molecule has 1 aliphatic heterocycles. The van der Waals surface area contributed by atoms with Crippen LogP contribution in [0.3, 0.4) is 0 Å². The molecule has 1 fully saturated rings. The maximum atomic E-state index is 4.69. The van der Waals surface area contributed by atoms with E-state index in [0.717, 1.165) is 25.4 Å². The molecule has 0 N–H and O–H groups in total. The smallest absolute Gasteiger partial charge is 0.0767 e. The summed E-state index contributed by atoms with van der Waals surface area (Å²) in [6.07, 6.45) is 3.58. The van der Waals surface area contributed by atoms with Crippen molar-refractivity contribution in [2.24, 2.45) is 5.92 Å². The van der Waals surface area contributed by atoms with Crippen molar-refractivity contribution in [3.05, 3.63) is 15.9 Å². The lowest BCUT2D eigenvalue weighted by molar-refractivity contribution is 0.174. The highest BCUT2D eigenvalue weighted by molar-refractivity contribution is 9.10. The van der Waals surface area contributed by atoms with Gasteiger partial charge in [-0.25, -0.2) is 0 Å². The van der Waals surface area contributed by atoms with E-state index >= 15 is 0 Å². The summed E-state index contributed by atoms with van der Waals surface area (Å²) in [4.78, 5) is 3.21. The van der Waals surface area contributed by atoms with Crippen molar-refractivity contribution in [1.29, 1.82) is 0 Å². The van der Waals surface area contributed by atoms with E-state index in [4.69, 9.17) is 5.10 Å². The molecule has 0 radical (unpaired) electrons. The number of aryl methyl sites for hydroxylation is 2. The van der Waals surface area contributed by atoms with Crippen molar-refractivity contribution >= 4 is 31.9 Å². The third-order valence-electron chi connectivity index (χ3n) is 4.35. The molecule has 0 aromatic carbocycles. The van der Waals surface area contributed by atoms with E-state index in [2.05, 4.69) is 62.2 Å². The van der Waals surface area contributed by atoms with Gasteiger partial charge in [-0.3, -0.25) is 9.58 Å². The third-order valence-corrected chi connectivity index (χ3v) is 6.01. The van der Waals surface area contributed by atoms with E-state index in [-0.39, 0.29) is 0 Å². The summed E-state index contributed by atoms with van der Waals surface area (Å²) in [7, 11) is 0. The van der Waals surface area contributed by atoms with E-state index in [1.54, 1.807) is 0 Å². The summed E-state index contributed by atoms with van der Waals surface area (Å²) in [6, 6.07) is 0. The zero-order valence-corrected chi connectivity index (χ0v) is 15.9. The van der Waals surface area contributed by atoms with Crippen LogP contribution in [0.4, 0.5) is 0 Å². The molecule has 1 atom stereocenters. The molecule has 1 aromatic heterocycles. The predicted molar refractivity (Wildman–Crippen MR) is 91.4 cm³/mol. The van der Waals surface area contributed by atoms with Crippen LogP contribution in [0.15, 0.2) is 4.47 Å². The van der Waals surface area contributed by atoms with Crippen LogP contribution in [-0.2, 0) is 19.5 Å². The van der Waals surface area contributed by atoms with Gasteiger partial charge in [-0.05, 0) is 61.1 Å². The van der Waals surface area contributed by atoms with Crippen LogP contribution >= 0.6 is 31.9 Å². The van der Waals surface area contributed by atoms with Crippen LogP contribution in [0, 0.1) is 5.92 Å². The van der Waals surface area contributed by atoms with Crippen molar-refractivity contribution < 1.29 is 0 Å². The van der Waals surface area contributed by atoms with E-state index in [9.17, 15) is 0 Å². The van der Waals surface area contributed by atoms with E-state index in [1.165, 1.54) is 41.8 Å². The molecule has 1 unspecified atom stereocenters. The summed E-state index contributed by atoms with van der Waals surface area (Å²) in [5.41, 5.74) is 2.53. The highest BCUT2D eigenvalue weighted by atomic mass is 79.9. The third kappa shape index (κ3) is 3.66. The van der Waals surface area contributed by atoms with Crippen molar-refractivity contribution in [3.8, 4) is 0 Å².